The fraction of sp³-hybridized carbons (Fsp3) is 0.611. The van der Waals surface area contributed by atoms with Crippen LogP contribution >= 0.6 is 0 Å². The molecule has 0 spiro atoms. The first-order valence-corrected chi connectivity index (χ1v) is 10.8. The molecule has 2 N–H and O–H groups in total. The lowest BCUT2D eigenvalue weighted by atomic mass is 9.94. The van der Waals surface area contributed by atoms with Crippen LogP contribution in [-0.2, 0) is 14.6 Å². The van der Waals surface area contributed by atoms with Gasteiger partial charge in [-0.05, 0) is 50.9 Å². The molecule has 0 saturated carbocycles. The second-order valence-electron chi connectivity index (χ2n) is 7.09. The second kappa shape index (κ2) is 7.33. The first-order chi connectivity index (χ1) is 11.9. The average molecular weight is 365 g/mol. The predicted molar refractivity (Wildman–Crippen MR) is 99.5 cm³/mol. The van der Waals surface area contributed by atoms with Gasteiger partial charge in [0.25, 0.3) is 0 Å². The Bertz CT molecular complexity index is 692. The molecule has 3 rings (SSSR count). The summed E-state index contributed by atoms with van der Waals surface area (Å²) in [5.41, 5.74) is 1.19. The molecule has 7 heteroatoms. The highest BCUT2D eigenvalue weighted by Gasteiger charge is 2.49. The number of carbonyl (C=O) groups is 1. The first-order valence-electron chi connectivity index (χ1n) is 8.94. The SMILES string of the molecule is CS(=O)(=O)C1(C(=O)NC2CCN(c3ccccc3)CC2)CCNCC1. The van der Waals surface area contributed by atoms with Crippen molar-refractivity contribution >= 4 is 21.4 Å². The lowest BCUT2D eigenvalue weighted by Gasteiger charge is -2.38. The van der Waals surface area contributed by atoms with Crippen molar-refractivity contribution in [2.45, 2.75) is 36.5 Å². The Hall–Kier alpha value is -1.60. The van der Waals surface area contributed by atoms with Crippen LogP contribution in [0.2, 0.25) is 0 Å². The summed E-state index contributed by atoms with van der Waals surface area (Å²) in [5, 5.41) is 6.18. The zero-order chi connectivity index (χ0) is 17.9. The third kappa shape index (κ3) is 3.82. The number of hydrogen-bond donors (Lipinski definition) is 2. The van der Waals surface area contributed by atoms with Crippen molar-refractivity contribution in [1.29, 1.82) is 0 Å². The molecule has 2 heterocycles. The van der Waals surface area contributed by atoms with Gasteiger partial charge in [-0.15, -0.1) is 0 Å². The zero-order valence-corrected chi connectivity index (χ0v) is 15.5. The van der Waals surface area contributed by atoms with Crippen molar-refractivity contribution in [2.75, 3.05) is 37.3 Å². The van der Waals surface area contributed by atoms with Gasteiger partial charge >= 0.3 is 0 Å². The molecule has 0 unspecified atom stereocenters. The van der Waals surface area contributed by atoms with E-state index in [2.05, 4.69) is 27.7 Å². The van der Waals surface area contributed by atoms with Crippen molar-refractivity contribution in [3.63, 3.8) is 0 Å². The van der Waals surface area contributed by atoms with Gasteiger partial charge in [-0.3, -0.25) is 4.79 Å². The summed E-state index contributed by atoms with van der Waals surface area (Å²) in [4.78, 5) is 15.2. The Morgan fingerprint density at radius 1 is 1.16 bits per heavy atom. The fourth-order valence-corrected chi connectivity index (χ4v) is 5.18. The molecule has 1 aromatic rings. The summed E-state index contributed by atoms with van der Waals surface area (Å²) >= 11 is 0. The predicted octanol–water partition coefficient (Wildman–Crippen LogP) is 0.938. The number of para-hydroxylation sites is 1. The normalized spacial score (nSPS) is 21.7. The molecular formula is C18H27N3O3S. The van der Waals surface area contributed by atoms with Crippen LogP contribution in [0.4, 0.5) is 5.69 Å². The number of hydrogen-bond acceptors (Lipinski definition) is 5. The minimum absolute atomic E-state index is 0.0426. The van der Waals surface area contributed by atoms with Gasteiger partial charge in [-0.1, -0.05) is 18.2 Å². The smallest absolute Gasteiger partial charge is 0.241 e. The second-order valence-corrected chi connectivity index (χ2v) is 9.41. The Morgan fingerprint density at radius 3 is 2.32 bits per heavy atom. The molecule has 2 saturated heterocycles. The summed E-state index contributed by atoms with van der Waals surface area (Å²) in [7, 11) is -3.45. The Kier molecular flexibility index (Phi) is 5.34. The van der Waals surface area contributed by atoms with Gasteiger partial charge in [0.1, 0.15) is 0 Å². The van der Waals surface area contributed by atoms with Crippen LogP contribution in [0.25, 0.3) is 0 Å². The number of carbonyl (C=O) groups excluding carboxylic acids is 1. The summed E-state index contributed by atoms with van der Waals surface area (Å²) in [6, 6.07) is 10.3. The van der Waals surface area contributed by atoms with Gasteiger partial charge in [0.2, 0.25) is 5.91 Å². The van der Waals surface area contributed by atoms with E-state index in [1.54, 1.807) is 0 Å². The van der Waals surface area contributed by atoms with Crippen molar-refractivity contribution in [3.05, 3.63) is 30.3 Å². The van der Waals surface area contributed by atoms with Crippen LogP contribution in [0.1, 0.15) is 25.7 Å². The van der Waals surface area contributed by atoms with E-state index in [4.69, 9.17) is 0 Å². The van der Waals surface area contributed by atoms with Crippen molar-refractivity contribution in [2.24, 2.45) is 0 Å². The number of nitrogens with zero attached hydrogens (tertiary/aromatic N) is 1. The topological polar surface area (TPSA) is 78.5 Å². The molecule has 2 fully saturated rings. The van der Waals surface area contributed by atoms with Crippen LogP contribution in [0, 0.1) is 0 Å². The average Bonchev–Trinajstić information content (AvgIpc) is 2.63. The van der Waals surface area contributed by atoms with Crippen molar-refractivity contribution < 1.29 is 13.2 Å². The molecule has 138 valence electrons. The van der Waals surface area contributed by atoms with E-state index in [0.717, 1.165) is 25.9 Å². The number of piperidine rings is 2. The molecule has 0 bridgehead atoms. The Morgan fingerprint density at radius 2 is 1.76 bits per heavy atom. The summed E-state index contributed by atoms with van der Waals surface area (Å²) in [6.07, 6.45) is 3.55. The number of nitrogens with one attached hydrogen (secondary N) is 2. The van der Waals surface area contributed by atoms with Gasteiger partial charge in [0.05, 0.1) is 0 Å². The van der Waals surface area contributed by atoms with E-state index in [1.165, 1.54) is 11.9 Å². The molecule has 25 heavy (non-hydrogen) atoms. The molecule has 0 radical (unpaired) electrons. The van der Waals surface area contributed by atoms with Crippen molar-refractivity contribution in [3.8, 4) is 0 Å². The maximum Gasteiger partial charge on any atom is 0.241 e. The highest BCUT2D eigenvalue weighted by atomic mass is 32.2. The monoisotopic (exact) mass is 365 g/mol. The molecular weight excluding hydrogens is 338 g/mol. The van der Waals surface area contributed by atoms with Crippen LogP contribution in [0.3, 0.4) is 0 Å². The van der Waals surface area contributed by atoms with E-state index in [9.17, 15) is 13.2 Å². The zero-order valence-electron chi connectivity index (χ0n) is 14.7. The van der Waals surface area contributed by atoms with E-state index < -0.39 is 14.6 Å². The van der Waals surface area contributed by atoms with Crippen LogP contribution < -0.4 is 15.5 Å². The molecule has 2 aliphatic heterocycles. The van der Waals surface area contributed by atoms with Gasteiger partial charge < -0.3 is 15.5 Å². The largest absolute Gasteiger partial charge is 0.371 e. The molecule has 1 aromatic carbocycles. The molecule has 0 atom stereocenters. The summed E-state index contributed by atoms with van der Waals surface area (Å²) < 4.78 is 23.4. The lowest BCUT2D eigenvalue weighted by Crippen LogP contribution is -2.59. The number of rotatable bonds is 4. The molecule has 6 nitrogen and oxygen atoms in total. The van der Waals surface area contributed by atoms with E-state index in [1.807, 2.05) is 18.2 Å². The minimum Gasteiger partial charge on any atom is -0.371 e. The van der Waals surface area contributed by atoms with Gasteiger partial charge in [-0.2, -0.15) is 0 Å². The van der Waals surface area contributed by atoms with Gasteiger partial charge in [-0.25, -0.2) is 8.42 Å². The van der Waals surface area contributed by atoms with Crippen LogP contribution in [0.5, 0.6) is 0 Å². The van der Waals surface area contributed by atoms with E-state index in [-0.39, 0.29) is 11.9 Å². The highest BCUT2D eigenvalue weighted by Crippen LogP contribution is 2.29. The number of benzene rings is 1. The number of sulfone groups is 1. The molecule has 0 aliphatic carbocycles. The standard InChI is InChI=1S/C18H27N3O3S/c1-25(23,24)18(9-11-19-12-10-18)17(22)20-15-7-13-21(14-8-15)16-5-3-2-4-6-16/h2-6,15,19H,7-14H2,1H3,(H,20,22). The first kappa shape index (κ1) is 18.2. The Balaban J connectivity index is 1.62. The quantitative estimate of drug-likeness (QED) is 0.830. The van der Waals surface area contributed by atoms with E-state index >= 15 is 0 Å². The third-order valence-corrected chi connectivity index (χ3v) is 7.50. The molecule has 2 aliphatic rings. The number of amides is 1. The minimum atomic E-state index is -3.45. The maximum absolute atomic E-state index is 12.9. The molecule has 1 amide bonds. The van der Waals surface area contributed by atoms with Crippen LogP contribution in [-0.4, -0.2) is 57.5 Å². The number of anilines is 1. The van der Waals surface area contributed by atoms with E-state index in [0.29, 0.717) is 25.9 Å². The van der Waals surface area contributed by atoms with Gasteiger partial charge in [0, 0.05) is 31.1 Å². The summed E-state index contributed by atoms with van der Waals surface area (Å²) in [5.74, 6) is -0.310. The van der Waals surface area contributed by atoms with Crippen molar-refractivity contribution in [1.82, 2.24) is 10.6 Å². The van der Waals surface area contributed by atoms with Crippen LogP contribution in [0.15, 0.2) is 30.3 Å². The fourth-order valence-electron chi connectivity index (χ4n) is 3.83. The third-order valence-electron chi connectivity index (χ3n) is 5.49. The van der Waals surface area contributed by atoms with Gasteiger partial charge in [0.15, 0.2) is 14.6 Å². The highest BCUT2D eigenvalue weighted by molar-refractivity contribution is 7.92. The maximum atomic E-state index is 12.9. The summed E-state index contributed by atoms with van der Waals surface area (Å²) in [6.45, 7) is 2.85. The molecule has 0 aromatic heterocycles. The lowest BCUT2D eigenvalue weighted by molar-refractivity contribution is -0.125. The Labute approximate surface area is 149 Å².